The quantitative estimate of drug-likeness (QED) is 0.810. The Morgan fingerprint density at radius 2 is 2.00 bits per heavy atom. The largest absolute Gasteiger partial charge is 0.378 e. The van der Waals surface area contributed by atoms with Crippen LogP contribution in [0.4, 0.5) is 5.82 Å². The summed E-state index contributed by atoms with van der Waals surface area (Å²) in [6, 6.07) is 3.28. The highest BCUT2D eigenvalue weighted by Gasteiger charge is 2.17. The summed E-state index contributed by atoms with van der Waals surface area (Å²) in [5, 5.41) is 0. The number of hydrogen-bond acceptors (Lipinski definition) is 6. The number of primary amides is 1. The van der Waals surface area contributed by atoms with Crippen molar-refractivity contribution in [1.82, 2.24) is 15.0 Å². The number of carbonyl (C=O) groups is 1. The number of carbonyl (C=O) groups excluding carboxylic acids is 1. The zero-order valence-corrected chi connectivity index (χ0v) is 13.3. The number of pyridine rings is 1. The average molecular weight is 323 g/mol. The van der Waals surface area contributed by atoms with Gasteiger partial charge in [0.1, 0.15) is 17.8 Å². The third-order valence-electron chi connectivity index (χ3n) is 3.68. The van der Waals surface area contributed by atoms with Crippen LogP contribution in [-0.4, -0.2) is 47.2 Å². The van der Waals surface area contributed by atoms with Gasteiger partial charge in [-0.2, -0.15) is 0 Å². The Labute approximate surface area is 139 Å². The molecule has 0 bridgehead atoms. The van der Waals surface area contributed by atoms with Gasteiger partial charge in [0.15, 0.2) is 0 Å². The fourth-order valence-corrected chi connectivity index (χ4v) is 2.37. The van der Waals surface area contributed by atoms with Crippen LogP contribution in [0.2, 0.25) is 0 Å². The van der Waals surface area contributed by atoms with Crippen molar-refractivity contribution in [3.63, 3.8) is 0 Å². The molecule has 0 radical (unpaired) electrons. The predicted octanol–water partition coefficient (Wildman–Crippen LogP) is 0.515. The standard InChI is InChI=1S/C17H17N5O2/c1-12-14(4-2-13-3-5-15(16(18)23)19-10-13)17(21-11-20-12)22-6-8-24-9-7-22/h3,5,10-11H,6-9H2,1H3,(H2,18,23). The van der Waals surface area contributed by atoms with Gasteiger partial charge in [0, 0.05) is 24.8 Å². The van der Waals surface area contributed by atoms with Crippen LogP contribution in [0.3, 0.4) is 0 Å². The van der Waals surface area contributed by atoms with Crippen molar-refractivity contribution in [2.75, 3.05) is 31.2 Å². The zero-order valence-electron chi connectivity index (χ0n) is 13.3. The van der Waals surface area contributed by atoms with Gasteiger partial charge in [-0.15, -0.1) is 0 Å². The average Bonchev–Trinajstić information content (AvgIpc) is 2.61. The predicted molar refractivity (Wildman–Crippen MR) is 88.5 cm³/mol. The molecule has 7 heteroatoms. The summed E-state index contributed by atoms with van der Waals surface area (Å²) in [7, 11) is 0. The monoisotopic (exact) mass is 323 g/mol. The fraction of sp³-hybridized carbons (Fsp3) is 0.294. The van der Waals surface area contributed by atoms with Crippen molar-refractivity contribution >= 4 is 11.7 Å². The number of ether oxygens (including phenoxy) is 1. The molecule has 1 saturated heterocycles. The number of hydrogen-bond donors (Lipinski definition) is 1. The number of morpholine rings is 1. The van der Waals surface area contributed by atoms with E-state index in [1.165, 1.54) is 6.20 Å². The minimum Gasteiger partial charge on any atom is -0.378 e. The molecule has 7 nitrogen and oxygen atoms in total. The Morgan fingerprint density at radius 1 is 1.21 bits per heavy atom. The van der Waals surface area contributed by atoms with E-state index in [-0.39, 0.29) is 5.69 Å². The van der Waals surface area contributed by atoms with Crippen molar-refractivity contribution in [3.05, 3.63) is 47.2 Å². The normalized spacial score (nSPS) is 14.0. The SMILES string of the molecule is Cc1ncnc(N2CCOCC2)c1C#Cc1ccc(C(N)=O)nc1. The lowest BCUT2D eigenvalue weighted by atomic mass is 10.1. The molecule has 1 aliphatic rings. The van der Waals surface area contributed by atoms with Gasteiger partial charge in [-0.1, -0.05) is 11.8 Å². The summed E-state index contributed by atoms with van der Waals surface area (Å²) in [5.41, 5.74) is 7.70. The minimum atomic E-state index is -0.559. The van der Waals surface area contributed by atoms with Crippen LogP contribution < -0.4 is 10.6 Å². The molecule has 0 saturated carbocycles. The molecule has 3 heterocycles. The van der Waals surface area contributed by atoms with Crippen LogP contribution in [0.25, 0.3) is 0 Å². The van der Waals surface area contributed by atoms with Crippen LogP contribution in [0.1, 0.15) is 27.3 Å². The number of nitrogens with zero attached hydrogens (tertiary/aromatic N) is 4. The molecule has 1 amide bonds. The first-order chi connectivity index (χ1) is 11.6. The highest BCUT2D eigenvalue weighted by Crippen LogP contribution is 2.19. The molecule has 2 aromatic heterocycles. The molecule has 0 spiro atoms. The molecule has 1 fully saturated rings. The summed E-state index contributed by atoms with van der Waals surface area (Å²) in [5.74, 6) is 6.44. The Bertz CT molecular complexity index is 802. The van der Waals surface area contributed by atoms with E-state index in [2.05, 4.69) is 31.7 Å². The lowest BCUT2D eigenvalue weighted by molar-refractivity contribution is 0.0995. The van der Waals surface area contributed by atoms with Crippen LogP contribution >= 0.6 is 0 Å². The highest BCUT2D eigenvalue weighted by atomic mass is 16.5. The molecule has 24 heavy (non-hydrogen) atoms. The first-order valence-electron chi connectivity index (χ1n) is 7.57. The zero-order chi connectivity index (χ0) is 16.9. The Balaban J connectivity index is 1.91. The number of amides is 1. The molecule has 0 unspecified atom stereocenters. The van der Waals surface area contributed by atoms with E-state index in [9.17, 15) is 4.79 Å². The Hall–Kier alpha value is -2.98. The number of nitrogens with two attached hydrogens (primary N) is 1. The fourth-order valence-electron chi connectivity index (χ4n) is 2.37. The van der Waals surface area contributed by atoms with Gasteiger partial charge < -0.3 is 15.4 Å². The summed E-state index contributed by atoms with van der Waals surface area (Å²) in [4.78, 5) is 25.8. The molecule has 3 rings (SSSR count). The summed E-state index contributed by atoms with van der Waals surface area (Å²) in [6.07, 6.45) is 3.08. The van der Waals surface area contributed by atoms with E-state index in [0.717, 1.165) is 30.2 Å². The first-order valence-corrected chi connectivity index (χ1v) is 7.57. The molecule has 1 aliphatic heterocycles. The lowest BCUT2D eigenvalue weighted by Gasteiger charge is -2.28. The minimum absolute atomic E-state index is 0.216. The molecule has 0 aliphatic carbocycles. The van der Waals surface area contributed by atoms with Crippen LogP contribution in [0.5, 0.6) is 0 Å². The Kier molecular flexibility index (Phi) is 4.68. The molecule has 0 aromatic carbocycles. The molecule has 2 N–H and O–H groups in total. The van der Waals surface area contributed by atoms with Crippen molar-refractivity contribution in [3.8, 4) is 11.8 Å². The number of aromatic nitrogens is 3. The number of anilines is 1. The van der Waals surface area contributed by atoms with Gasteiger partial charge in [0.05, 0.1) is 24.5 Å². The second kappa shape index (κ2) is 7.06. The van der Waals surface area contributed by atoms with Gasteiger partial charge in [-0.3, -0.25) is 4.79 Å². The van der Waals surface area contributed by atoms with Crippen LogP contribution in [0.15, 0.2) is 24.7 Å². The molecular weight excluding hydrogens is 306 g/mol. The highest BCUT2D eigenvalue weighted by molar-refractivity contribution is 5.90. The van der Waals surface area contributed by atoms with Crippen molar-refractivity contribution in [2.45, 2.75) is 6.92 Å². The number of aryl methyl sites for hydroxylation is 1. The van der Waals surface area contributed by atoms with Gasteiger partial charge in [-0.25, -0.2) is 15.0 Å². The maximum atomic E-state index is 11.0. The van der Waals surface area contributed by atoms with E-state index >= 15 is 0 Å². The number of rotatable bonds is 2. The van der Waals surface area contributed by atoms with Gasteiger partial charge in [0.25, 0.3) is 5.91 Å². The van der Waals surface area contributed by atoms with Crippen molar-refractivity contribution in [2.24, 2.45) is 5.73 Å². The van der Waals surface area contributed by atoms with E-state index in [0.29, 0.717) is 18.8 Å². The second-order valence-electron chi connectivity index (χ2n) is 5.30. The lowest BCUT2D eigenvalue weighted by Crippen LogP contribution is -2.37. The maximum Gasteiger partial charge on any atom is 0.267 e. The topological polar surface area (TPSA) is 94.2 Å². The van der Waals surface area contributed by atoms with Crippen molar-refractivity contribution < 1.29 is 9.53 Å². The third kappa shape index (κ3) is 3.50. The van der Waals surface area contributed by atoms with Gasteiger partial charge in [0.2, 0.25) is 0 Å². The van der Waals surface area contributed by atoms with E-state index < -0.39 is 5.91 Å². The molecule has 122 valence electrons. The summed E-state index contributed by atoms with van der Waals surface area (Å²) < 4.78 is 5.38. The van der Waals surface area contributed by atoms with E-state index in [1.54, 1.807) is 18.5 Å². The molecule has 2 aromatic rings. The Morgan fingerprint density at radius 3 is 2.67 bits per heavy atom. The summed E-state index contributed by atoms with van der Waals surface area (Å²) in [6.45, 7) is 4.81. The second-order valence-corrected chi connectivity index (χ2v) is 5.30. The van der Waals surface area contributed by atoms with Crippen molar-refractivity contribution in [1.29, 1.82) is 0 Å². The van der Waals surface area contributed by atoms with E-state index in [1.807, 2.05) is 6.92 Å². The van der Waals surface area contributed by atoms with Crippen LogP contribution in [0, 0.1) is 18.8 Å². The maximum absolute atomic E-state index is 11.0. The summed E-state index contributed by atoms with van der Waals surface area (Å²) >= 11 is 0. The van der Waals surface area contributed by atoms with Crippen LogP contribution in [-0.2, 0) is 4.74 Å². The van der Waals surface area contributed by atoms with Gasteiger partial charge in [-0.05, 0) is 19.1 Å². The third-order valence-corrected chi connectivity index (χ3v) is 3.68. The molecular formula is C17H17N5O2. The van der Waals surface area contributed by atoms with E-state index in [4.69, 9.17) is 10.5 Å². The van der Waals surface area contributed by atoms with Gasteiger partial charge >= 0.3 is 0 Å². The smallest absolute Gasteiger partial charge is 0.267 e. The first kappa shape index (κ1) is 15.9. The molecule has 0 atom stereocenters.